The van der Waals surface area contributed by atoms with E-state index in [0.717, 1.165) is 0 Å². The van der Waals surface area contributed by atoms with E-state index in [-0.39, 0.29) is 23.8 Å². The summed E-state index contributed by atoms with van der Waals surface area (Å²) in [4.78, 5) is 34.0. The number of nitro groups is 1. The van der Waals surface area contributed by atoms with Crippen LogP contribution in [0.1, 0.15) is 31.7 Å². The van der Waals surface area contributed by atoms with Gasteiger partial charge in [0.05, 0.1) is 21.9 Å². The Labute approximate surface area is 172 Å². The first-order valence-corrected chi connectivity index (χ1v) is 10.0. The number of hydrogen-bond donors (Lipinski definition) is 2. The average molecular weight is 420 g/mol. The molecular formula is C18H24N6O4S. The van der Waals surface area contributed by atoms with Gasteiger partial charge in [0.25, 0.3) is 5.69 Å². The standard InChI is InChI=1S/C18H24N6O4S/c1-11(2)9-23-16(8-7-15(19)25)21-22-18(23)29-10-17(26)20-13-5-4-6-14(12(13)3)24(27)28/h4-6,11H,7-10H2,1-3H3,(H2,19,25)(H,20,26). The van der Waals surface area contributed by atoms with Gasteiger partial charge in [-0.3, -0.25) is 19.7 Å². The fraction of sp³-hybridized carbons (Fsp3) is 0.444. The Hall–Kier alpha value is -2.95. The number of anilines is 1. The first kappa shape index (κ1) is 22.3. The van der Waals surface area contributed by atoms with Crippen molar-refractivity contribution < 1.29 is 14.5 Å². The summed E-state index contributed by atoms with van der Waals surface area (Å²) >= 11 is 1.22. The number of nitrogens with zero attached hydrogens (tertiary/aromatic N) is 4. The van der Waals surface area contributed by atoms with Crippen LogP contribution < -0.4 is 11.1 Å². The molecule has 11 heteroatoms. The predicted molar refractivity (Wildman–Crippen MR) is 110 cm³/mol. The molecule has 0 unspecified atom stereocenters. The van der Waals surface area contributed by atoms with Crippen molar-refractivity contribution in [1.82, 2.24) is 14.8 Å². The first-order valence-electron chi connectivity index (χ1n) is 9.06. The van der Waals surface area contributed by atoms with Crippen LogP contribution in [0.2, 0.25) is 0 Å². The normalized spacial score (nSPS) is 10.9. The molecule has 0 aliphatic heterocycles. The molecule has 0 aliphatic carbocycles. The second kappa shape index (κ2) is 10.0. The highest BCUT2D eigenvalue weighted by molar-refractivity contribution is 7.99. The molecular weight excluding hydrogens is 396 g/mol. The van der Waals surface area contributed by atoms with Gasteiger partial charge in [-0.2, -0.15) is 0 Å². The third-order valence-electron chi connectivity index (χ3n) is 4.04. The Morgan fingerprint density at radius 2 is 2.07 bits per heavy atom. The first-order chi connectivity index (χ1) is 13.7. The van der Waals surface area contributed by atoms with Crippen molar-refractivity contribution in [2.45, 2.75) is 45.3 Å². The van der Waals surface area contributed by atoms with Crippen LogP contribution in [0, 0.1) is 23.0 Å². The summed E-state index contributed by atoms with van der Waals surface area (Å²) in [6.07, 6.45) is 0.558. The lowest BCUT2D eigenvalue weighted by Crippen LogP contribution is -2.17. The number of benzene rings is 1. The molecule has 2 aromatic rings. The largest absolute Gasteiger partial charge is 0.370 e. The minimum absolute atomic E-state index is 0.0498. The van der Waals surface area contributed by atoms with E-state index in [1.54, 1.807) is 13.0 Å². The summed E-state index contributed by atoms with van der Waals surface area (Å²) in [6, 6.07) is 4.54. The lowest BCUT2D eigenvalue weighted by molar-refractivity contribution is -0.385. The van der Waals surface area contributed by atoms with Gasteiger partial charge in [0.15, 0.2) is 5.16 Å². The van der Waals surface area contributed by atoms with E-state index >= 15 is 0 Å². The number of nitrogens with two attached hydrogens (primary N) is 1. The lowest BCUT2D eigenvalue weighted by atomic mass is 10.1. The summed E-state index contributed by atoms with van der Waals surface area (Å²) in [5, 5.41) is 22.6. The Balaban J connectivity index is 2.07. The van der Waals surface area contributed by atoms with Crippen LogP contribution in [-0.4, -0.2) is 37.3 Å². The molecule has 0 spiro atoms. The zero-order chi connectivity index (χ0) is 21.6. The maximum Gasteiger partial charge on any atom is 0.274 e. The molecule has 0 radical (unpaired) electrons. The van der Waals surface area contributed by atoms with Gasteiger partial charge in [-0.15, -0.1) is 10.2 Å². The molecule has 0 saturated carbocycles. The maximum absolute atomic E-state index is 12.4. The molecule has 1 aromatic carbocycles. The molecule has 156 valence electrons. The minimum Gasteiger partial charge on any atom is -0.370 e. The number of primary amides is 1. The van der Waals surface area contributed by atoms with E-state index < -0.39 is 10.8 Å². The number of thioether (sulfide) groups is 1. The van der Waals surface area contributed by atoms with Crippen LogP contribution in [0.15, 0.2) is 23.4 Å². The third-order valence-corrected chi connectivity index (χ3v) is 5.01. The summed E-state index contributed by atoms with van der Waals surface area (Å²) in [5.41, 5.74) is 5.96. The van der Waals surface area contributed by atoms with Crippen LogP contribution >= 0.6 is 11.8 Å². The van der Waals surface area contributed by atoms with Crippen molar-refractivity contribution in [3.05, 3.63) is 39.7 Å². The van der Waals surface area contributed by atoms with Gasteiger partial charge in [-0.05, 0) is 18.9 Å². The molecule has 0 atom stereocenters. The van der Waals surface area contributed by atoms with Gasteiger partial charge in [0.2, 0.25) is 11.8 Å². The van der Waals surface area contributed by atoms with Crippen molar-refractivity contribution in [3.63, 3.8) is 0 Å². The monoisotopic (exact) mass is 420 g/mol. The quantitative estimate of drug-likeness (QED) is 0.340. The van der Waals surface area contributed by atoms with E-state index in [4.69, 9.17) is 5.73 Å². The highest BCUT2D eigenvalue weighted by atomic mass is 32.2. The van der Waals surface area contributed by atoms with Crippen molar-refractivity contribution in [3.8, 4) is 0 Å². The summed E-state index contributed by atoms with van der Waals surface area (Å²) < 4.78 is 1.89. The van der Waals surface area contributed by atoms with Crippen molar-refractivity contribution in [2.75, 3.05) is 11.1 Å². The Kier molecular flexibility index (Phi) is 7.71. The molecule has 2 amide bonds. The molecule has 0 saturated heterocycles. The van der Waals surface area contributed by atoms with E-state index in [1.807, 2.05) is 18.4 Å². The molecule has 0 fully saturated rings. The van der Waals surface area contributed by atoms with Gasteiger partial charge >= 0.3 is 0 Å². The topological polar surface area (TPSA) is 146 Å². The summed E-state index contributed by atoms with van der Waals surface area (Å²) in [7, 11) is 0. The fourth-order valence-electron chi connectivity index (χ4n) is 2.67. The van der Waals surface area contributed by atoms with Crippen LogP contribution in [0.25, 0.3) is 0 Å². The van der Waals surface area contributed by atoms with Crippen molar-refractivity contribution in [2.24, 2.45) is 11.7 Å². The van der Waals surface area contributed by atoms with Crippen molar-refractivity contribution >= 4 is 35.0 Å². The second-order valence-electron chi connectivity index (χ2n) is 6.91. The molecule has 3 N–H and O–H groups in total. The number of aryl methyl sites for hydroxylation is 1. The zero-order valence-corrected chi connectivity index (χ0v) is 17.4. The van der Waals surface area contributed by atoms with E-state index in [1.165, 1.54) is 23.9 Å². The molecule has 1 heterocycles. The van der Waals surface area contributed by atoms with Gasteiger partial charge in [-0.1, -0.05) is 31.7 Å². The number of aromatic nitrogens is 3. The van der Waals surface area contributed by atoms with Gasteiger partial charge in [0.1, 0.15) is 5.82 Å². The summed E-state index contributed by atoms with van der Waals surface area (Å²) in [5.74, 6) is 0.309. The minimum atomic E-state index is -0.484. The van der Waals surface area contributed by atoms with Crippen LogP contribution in [0.5, 0.6) is 0 Å². The molecule has 1 aromatic heterocycles. The number of hydrogen-bond acceptors (Lipinski definition) is 7. The van der Waals surface area contributed by atoms with Crippen LogP contribution in [-0.2, 0) is 22.6 Å². The number of rotatable bonds is 10. The highest BCUT2D eigenvalue weighted by Crippen LogP contribution is 2.26. The molecule has 10 nitrogen and oxygen atoms in total. The number of amides is 2. The van der Waals surface area contributed by atoms with Crippen LogP contribution in [0.3, 0.4) is 0 Å². The fourth-order valence-corrected chi connectivity index (χ4v) is 3.43. The molecule has 2 rings (SSSR count). The molecule has 29 heavy (non-hydrogen) atoms. The highest BCUT2D eigenvalue weighted by Gasteiger charge is 2.18. The summed E-state index contributed by atoms with van der Waals surface area (Å²) in [6.45, 7) is 6.33. The zero-order valence-electron chi connectivity index (χ0n) is 16.5. The lowest BCUT2D eigenvalue weighted by Gasteiger charge is -2.12. The SMILES string of the molecule is Cc1c(NC(=O)CSc2nnc(CCC(N)=O)n2CC(C)C)cccc1[N+](=O)[O-]. The van der Waals surface area contributed by atoms with E-state index in [2.05, 4.69) is 15.5 Å². The predicted octanol–water partition coefficient (Wildman–Crippen LogP) is 2.30. The number of carbonyl (C=O) groups excluding carboxylic acids is 2. The number of nitro benzene ring substituents is 1. The van der Waals surface area contributed by atoms with Gasteiger partial charge in [0, 0.05) is 25.5 Å². The average Bonchev–Trinajstić information content (AvgIpc) is 3.00. The van der Waals surface area contributed by atoms with Crippen molar-refractivity contribution in [1.29, 1.82) is 0 Å². The third kappa shape index (κ3) is 6.28. The molecule has 0 bridgehead atoms. The maximum atomic E-state index is 12.4. The Bertz CT molecular complexity index is 912. The number of carbonyl (C=O) groups is 2. The van der Waals surface area contributed by atoms with Gasteiger partial charge < -0.3 is 15.6 Å². The molecule has 0 aliphatic rings. The Morgan fingerprint density at radius 3 is 2.69 bits per heavy atom. The number of nitrogens with one attached hydrogen (secondary N) is 1. The Morgan fingerprint density at radius 1 is 1.34 bits per heavy atom. The van der Waals surface area contributed by atoms with E-state index in [9.17, 15) is 19.7 Å². The second-order valence-corrected chi connectivity index (χ2v) is 7.86. The van der Waals surface area contributed by atoms with E-state index in [0.29, 0.717) is 41.1 Å². The van der Waals surface area contributed by atoms with Crippen LogP contribution in [0.4, 0.5) is 11.4 Å². The van der Waals surface area contributed by atoms with Gasteiger partial charge in [-0.25, -0.2) is 0 Å². The smallest absolute Gasteiger partial charge is 0.274 e.